The van der Waals surface area contributed by atoms with Crippen molar-refractivity contribution in [2.75, 3.05) is 36.4 Å². The maximum absolute atomic E-state index is 12.8. The van der Waals surface area contributed by atoms with E-state index in [9.17, 15) is 9.59 Å². The number of benzene rings is 1. The van der Waals surface area contributed by atoms with Crippen LogP contribution in [0.15, 0.2) is 24.3 Å². The topological polar surface area (TPSA) is 61.9 Å². The number of nitrogens with zero attached hydrogens (tertiary/aromatic N) is 2. The fourth-order valence-electron chi connectivity index (χ4n) is 4.20. The minimum Gasteiger partial charge on any atom is -0.372 e. The van der Waals surface area contributed by atoms with Crippen LogP contribution >= 0.6 is 0 Å². The molecule has 3 fully saturated rings. The molecular weight excluding hydrogens is 342 g/mol. The standard InChI is InChI=1S/C21H29N3O3/c1-14-10-23(11-15(2)27-14)19-6-4-3-5-18(19)22-21(26)17-9-20(25)24(13-17)12-16-7-8-16/h3-6,14-17H,7-13H2,1-2H3,(H,22,26)/t14-,15-,17+/m1/s1. The Morgan fingerprint density at radius 1 is 1.15 bits per heavy atom. The summed E-state index contributed by atoms with van der Waals surface area (Å²) < 4.78 is 5.83. The largest absolute Gasteiger partial charge is 0.372 e. The van der Waals surface area contributed by atoms with E-state index in [1.807, 2.05) is 29.2 Å². The van der Waals surface area contributed by atoms with Crippen LogP contribution < -0.4 is 10.2 Å². The predicted octanol–water partition coefficient (Wildman–Crippen LogP) is 2.50. The second kappa shape index (κ2) is 7.50. The molecule has 0 spiro atoms. The highest BCUT2D eigenvalue weighted by molar-refractivity contribution is 5.99. The lowest BCUT2D eigenvalue weighted by Gasteiger charge is -2.37. The van der Waals surface area contributed by atoms with Crippen molar-refractivity contribution in [3.05, 3.63) is 24.3 Å². The quantitative estimate of drug-likeness (QED) is 0.864. The van der Waals surface area contributed by atoms with Gasteiger partial charge in [-0.2, -0.15) is 0 Å². The molecule has 4 rings (SSSR count). The van der Waals surface area contributed by atoms with E-state index < -0.39 is 0 Å². The van der Waals surface area contributed by atoms with E-state index in [0.29, 0.717) is 18.9 Å². The Kier molecular flexibility index (Phi) is 5.08. The first-order valence-corrected chi connectivity index (χ1v) is 10.1. The summed E-state index contributed by atoms with van der Waals surface area (Å²) in [4.78, 5) is 29.2. The van der Waals surface area contributed by atoms with Gasteiger partial charge in [0.25, 0.3) is 0 Å². The summed E-state index contributed by atoms with van der Waals surface area (Å²) in [7, 11) is 0. The van der Waals surface area contributed by atoms with Crippen LogP contribution in [-0.2, 0) is 14.3 Å². The van der Waals surface area contributed by atoms with Gasteiger partial charge in [-0.3, -0.25) is 9.59 Å². The molecule has 1 aliphatic carbocycles. The number of ether oxygens (including phenoxy) is 1. The molecule has 1 N–H and O–H groups in total. The summed E-state index contributed by atoms with van der Waals surface area (Å²) in [5.41, 5.74) is 1.84. The van der Waals surface area contributed by atoms with Crippen LogP contribution in [0.1, 0.15) is 33.1 Å². The molecule has 2 heterocycles. The third-order valence-electron chi connectivity index (χ3n) is 5.68. The Hall–Kier alpha value is -2.08. The summed E-state index contributed by atoms with van der Waals surface area (Å²) in [6, 6.07) is 7.91. The van der Waals surface area contributed by atoms with Gasteiger partial charge >= 0.3 is 0 Å². The number of rotatable bonds is 5. The molecular formula is C21H29N3O3. The average Bonchev–Trinajstić information content (AvgIpc) is 3.36. The molecule has 1 aromatic carbocycles. The van der Waals surface area contributed by atoms with Gasteiger partial charge in [0.15, 0.2) is 0 Å². The molecule has 6 nitrogen and oxygen atoms in total. The molecule has 2 saturated heterocycles. The molecule has 27 heavy (non-hydrogen) atoms. The molecule has 1 aromatic rings. The zero-order chi connectivity index (χ0) is 19.0. The molecule has 0 aromatic heterocycles. The van der Waals surface area contributed by atoms with Crippen LogP contribution in [0.25, 0.3) is 0 Å². The Bertz CT molecular complexity index is 708. The van der Waals surface area contributed by atoms with Crippen molar-refractivity contribution >= 4 is 23.2 Å². The number of anilines is 2. The maximum Gasteiger partial charge on any atom is 0.229 e. The van der Waals surface area contributed by atoms with Gasteiger partial charge in [0.2, 0.25) is 11.8 Å². The second-order valence-electron chi connectivity index (χ2n) is 8.31. The summed E-state index contributed by atoms with van der Waals surface area (Å²) in [5.74, 6) is 0.461. The average molecular weight is 371 g/mol. The number of morpholine rings is 1. The highest BCUT2D eigenvalue weighted by Gasteiger charge is 2.37. The van der Waals surface area contributed by atoms with Crippen molar-refractivity contribution in [3.8, 4) is 0 Å². The van der Waals surface area contributed by atoms with Crippen molar-refractivity contribution in [1.29, 1.82) is 0 Å². The van der Waals surface area contributed by atoms with Gasteiger partial charge in [-0.25, -0.2) is 0 Å². The monoisotopic (exact) mass is 371 g/mol. The summed E-state index contributed by atoms with van der Waals surface area (Å²) in [6.45, 7) is 7.12. The lowest BCUT2D eigenvalue weighted by molar-refractivity contribution is -0.128. The first-order valence-electron chi connectivity index (χ1n) is 10.1. The summed E-state index contributed by atoms with van der Waals surface area (Å²) in [6.07, 6.45) is 3.06. The third-order valence-corrected chi connectivity index (χ3v) is 5.68. The van der Waals surface area contributed by atoms with Gasteiger partial charge in [0.1, 0.15) is 0 Å². The van der Waals surface area contributed by atoms with Gasteiger partial charge in [-0.05, 0) is 44.7 Å². The van der Waals surface area contributed by atoms with Crippen molar-refractivity contribution in [1.82, 2.24) is 4.90 Å². The maximum atomic E-state index is 12.8. The molecule has 2 aliphatic heterocycles. The SMILES string of the molecule is C[C@@H]1CN(c2ccccc2NC(=O)[C@H]2CC(=O)N(CC3CC3)C2)C[C@@H](C)O1. The highest BCUT2D eigenvalue weighted by Crippen LogP contribution is 2.33. The van der Waals surface area contributed by atoms with Gasteiger partial charge in [0.05, 0.1) is 29.5 Å². The van der Waals surface area contributed by atoms with Gasteiger partial charge in [-0.1, -0.05) is 12.1 Å². The Balaban J connectivity index is 1.43. The molecule has 6 heteroatoms. The normalized spacial score (nSPS) is 28.5. The van der Waals surface area contributed by atoms with E-state index in [4.69, 9.17) is 4.74 Å². The number of likely N-dealkylation sites (tertiary alicyclic amines) is 1. The van der Waals surface area contributed by atoms with E-state index in [1.165, 1.54) is 12.8 Å². The molecule has 1 saturated carbocycles. The smallest absolute Gasteiger partial charge is 0.229 e. The van der Waals surface area contributed by atoms with E-state index in [0.717, 1.165) is 31.0 Å². The van der Waals surface area contributed by atoms with E-state index in [1.54, 1.807) is 0 Å². The summed E-state index contributed by atoms with van der Waals surface area (Å²) in [5, 5.41) is 3.09. The van der Waals surface area contributed by atoms with Crippen LogP contribution in [0.3, 0.4) is 0 Å². The van der Waals surface area contributed by atoms with Crippen LogP contribution in [-0.4, -0.2) is 55.1 Å². The zero-order valence-electron chi connectivity index (χ0n) is 16.2. The first-order chi connectivity index (χ1) is 13.0. The molecule has 0 unspecified atom stereocenters. The van der Waals surface area contributed by atoms with E-state index >= 15 is 0 Å². The summed E-state index contributed by atoms with van der Waals surface area (Å²) >= 11 is 0. The fourth-order valence-corrected chi connectivity index (χ4v) is 4.20. The van der Waals surface area contributed by atoms with Crippen molar-refractivity contribution in [3.63, 3.8) is 0 Å². The lowest BCUT2D eigenvalue weighted by Crippen LogP contribution is -2.45. The van der Waals surface area contributed by atoms with Crippen molar-refractivity contribution in [2.24, 2.45) is 11.8 Å². The second-order valence-corrected chi connectivity index (χ2v) is 8.31. The van der Waals surface area contributed by atoms with Crippen LogP contribution in [0.4, 0.5) is 11.4 Å². The Morgan fingerprint density at radius 3 is 2.56 bits per heavy atom. The molecule has 3 aliphatic rings. The van der Waals surface area contributed by atoms with Gasteiger partial charge in [-0.15, -0.1) is 0 Å². The Morgan fingerprint density at radius 2 is 1.85 bits per heavy atom. The minimum atomic E-state index is -0.258. The number of carbonyl (C=O) groups is 2. The van der Waals surface area contributed by atoms with Crippen molar-refractivity contribution < 1.29 is 14.3 Å². The first kappa shape index (κ1) is 18.3. The van der Waals surface area contributed by atoms with Crippen LogP contribution in [0.2, 0.25) is 0 Å². The molecule has 2 amide bonds. The van der Waals surface area contributed by atoms with Crippen LogP contribution in [0, 0.1) is 11.8 Å². The van der Waals surface area contributed by atoms with Crippen molar-refractivity contribution in [2.45, 2.75) is 45.3 Å². The Labute approximate surface area is 160 Å². The highest BCUT2D eigenvalue weighted by atomic mass is 16.5. The number of carbonyl (C=O) groups excluding carboxylic acids is 2. The van der Waals surface area contributed by atoms with Gasteiger partial charge < -0.3 is 19.9 Å². The number of amides is 2. The number of hydrogen-bond acceptors (Lipinski definition) is 4. The predicted molar refractivity (Wildman–Crippen MR) is 105 cm³/mol. The molecule has 146 valence electrons. The van der Waals surface area contributed by atoms with Crippen LogP contribution in [0.5, 0.6) is 0 Å². The van der Waals surface area contributed by atoms with E-state index in [-0.39, 0.29) is 29.9 Å². The molecule has 3 atom stereocenters. The zero-order valence-corrected chi connectivity index (χ0v) is 16.2. The molecule has 0 bridgehead atoms. The number of hydrogen-bond donors (Lipinski definition) is 1. The van der Waals surface area contributed by atoms with E-state index in [2.05, 4.69) is 24.1 Å². The lowest BCUT2D eigenvalue weighted by atomic mass is 10.1. The minimum absolute atomic E-state index is 0.0524. The molecule has 0 radical (unpaired) electrons. The number of para-hydroxylation sites is 2. The number of nitrogens with one attached hydrogen (secondary N) is 1. The van der Waals surface area contributed by atoms with Gasteiger partial charge in [0, 0.05) is 32.6 Å². The third kappa shape index (κ3) is 4.26. The fraction of sp³-hybridized carbons (Fsp3) is 0.619.